The van der Waals surface area contributed by atoms with Crippen molar-refractivity contribution in [3.63, 3.8) is 0 Å². The molecule has 3 rings (SSSR count). The summed E-state index contributed by atoms with van der Waals surface area (Å²) in [6.45, 7) is 20.2. The van der Waals surface area contributed by atoms with E-state index in [0.29, 0.717) is 186 Å². The van der Waals surface area contributed by atoms with Crippen LogP contribution in [-0.4, -0.2) is 187 Å². The number of rotatable bonds is 36. The number of hydrogen-bond acceptors (Lipinski definition) is 16. The molecular weight excluding hydrogens is 1210 g/mol. The predicted octanol–water partition coefficient (Wildman–Crippen LogP) is 5.03. The molecule has 2 aliphatic rings. The van der Waals surface area contributed by atoms with Crippen LogP contribution >= 0.6 is 53.7 Å². The molecule has 2 aliphatic heterocycles. The van der Waals surface area contributed by atoms with Gasteiger partial charge in [-0.05, 0) is 12.1 Å². The Kier molecular flexibility index (Phi) is 41.6. The van der Waals surface area contributed by atoms with Gasteiger partial charge in [-0.15, -0.1) is 0 Å². The topological polar surface area (TPSA) is 124 Å². The van der Waals surface area contributed by atoms with Crippen molar-refractivity contribution in [2.45, 2.75) is 0 Å². The predicted molar refractivity (Wildman–Crippen MR) is 232 cm³/mol. The Hall–Kier alpha value is 1.18. The van der Waals surface area contributed by atoms with Crippen LogP contribution in [0.4, 0.5) is 22.7 Å². The van der Waals surface area contributed by atoms with E-state index in [1.807, 2.05) is 0 Å². The van der Waals surface area contributed by atoms with Gasteiger partial charge in [0, 0.05) is 54.6 Å². The second-order valence-corrected chi connectivity index (χ2v) is 25.9. The molecule has 0 bridgehead atoms. The zero-order valence-corrected chi connectivity index (χ0v) is 43.4. The van der Waals surface area contributed by atoms with Gasteiger partial charge in [-0.3, -0.25) is 0 Å². The standard InChI is InChI=1S/C36H62N4O12.4BrH.2Pd/c1-41-13-17-49-25-21-45-9-5-37-31-38(6-10-46-22-26-50-18-14-42-2)34-30-36-35(29-33(34)37)39(7-11-47-23-27-51-19-15-43-3)32-40(36)8-12-48-24-28-52-20-16-44-4;;;;;;/h29-30H,5-28H2,1-4H3;4*1H;;/q;;;;;2*+2/p-4. The minimum atomic E-state index is 0.504. The summed E-state index contributed by atoms with van der Waals surface area (Å²) in [5, 5.41) is 0. The van der Waals surface area contributed by atoms with Gasteiger partial charge in [-0.1, -0.05) is 0 Å². The van der Waals surface area contributed by atoms with Gasteiger partial charge < -0.3 is 76.4 Å². The van der Waals surface area contributed by atoms with E-state index < -0.39 is 0 Å². The molecule has 16 nitrogen and oxygen atoms in total. The quantitative estimate of drug-likeness (QED) is 0.0659. The third-order valence-electron chi connectivity index (χ3n) is 7.77. The summed E-state index contributed by atoms with van der Waals surface area (Å²) in [4.78, 5) is 8.43. The van der Waals surface area contributed by atoms with E-state index in [1.54, 1.807) is 28.4 Å². The van der Waals surface area contributed by atoms with Gasteiger partial charge in [0.2, 0.25) is 13.3 Å². The van der Waals surface area contributed by atoms with Crippen LogP contribution in [0.2, 0.25) is 0 Å². The van der Waals surface area contributed by atoms with Crippen LogP contribution in [0.5, 0.6) is 0 Å². The van der Waals surface area contributed by atoms with Crippen molar-refractivity contribution < 1.29 is 84.7 Å². The molecule has 58 heavy (non-hydrogen) atoms. The fraction of sp³-hybridized carbons (Fsp3) is 0.778. The molecule has 22 heteroatoms. The van der Waals surface area contributed by atoms with E-state index in [2.05, 4.69) is 98.8 Å². The first-order valence-corrected chi connectivity index (χ1v) is 32.8. The summed E-state index contributed by atoms with van der Waals surface area (Å²) in [5.41, 5.74) is 4.14. The molecule has 0 unspecified atom stereocenters. The Balaban J connectivity index is 0.00000263. The number of methoxy groups -OCH3 is 4. The van der Waals surface area contributed by atoms with E-state index in [9.17, 15) is 0 Å². The molecule has 0 amide bonds. The molecule has 0 saturated heterocycles. The van der Waals surface area contributed by atoms with Crippen molar-refractivity contribution in [3.8, 4) is 0 Å². The normalized spacial score (nSPS) is 13.2. The van der Waals surface area contributed by atoms with Gasteiger partial charge in [0.05, 0.1) is 155 Å². The summed E-state index contributed by atoms with van der Waals surface area (Å²) in [5.74, 6) is 0. The zero-order valence-electron chi connectivity index (χ0n) is 34.0. The number of hydrogen-bond donors (Lipinski definition) is 0. The summed E-state index contributed by atoms with van der Waals surface area (Å²) < 4.78 is 65.9. The van der Waals surface area contributed by atoms with Crippen molar-refractivity contribution in [3.05, 3.63) is 25.5 Å². The van der Waals surface area contributed by atoms with E-state index in [1.165, 1.54) is 0 Å². The van der Waals surface area contributed by atoms with Crippen LogP contribution < -0.4 is 19.6 Å². The van der Waals surface area contributed by atoms with Crippen molar-refractivity contribution >= 4 is 76.5 Å². The van der Waals surface area contributed by atoms with Crippen LogP contribution in [0, 0.1) is 13.3 Å². The average Bonchev–Trinajstić information content (AvgIpc) is 3.74. The van der Waals surface area contributed by atoms with Crippen molar-refractivity contribution in [2.75, 3.05) is 206 Å². The Labute approximate surface area is 389 Å². The zero-order chi connectivity index (χ0) is 42.3. The molecule has 0 N–H and O–H groups in total. The molecule has 0 aliphatic carbocycles. The van der Waals surface area contributed by atoms with E-state index in [4.69, 9.17) is 56.8 Å². The molecule has 4 radical (unpaired) electrons. The molecule has 2 heterocycles. The summed E-state index contributed by atoms with van der Waals surface area (Å²) >= 11 is 13.6. The fourth-order valence-electron chi connectivity index (χ4n) is 5.09. The number of fused-ring (bicyclic) bond motifs is 2. The van der Waals surface area contributed by atoms with Crippen LogP contribution in [-0.2, 0) is 84.7 Å². The van der Waals surface area contributed by atoms with Crippen LogP contribution in [0.1, 0.15) is 0 Å². The summed E-state index contributed by atoms with van der Waals surface area (Å²) in [6, 6.07) is 4.39. The first kappa shape index (κ1) is 57.2. The van der Waals surface area contributed by atoms with E-state index in [0.717, 1.165) is 22.7 Å². The molecule has 0 atom stereocenters. The molecular formula is C36H62Br4N4O12Pd2. The maximum absolute atomic E-state index is 5.90. The van der Waals surface area contributed by atoms with Gasteiger partial charge in [0.1, 0.15) is 0 Å². The first-order valence-electron chi connectivity index (χ1n) is 18.6. The average molecular weight is 1280 g/mol. The number of nitrogens with zero attached hydrogens (tertiary/aromatic N) is 4. The molecule has 1 aromatic carbocycles. The number of ether oxygens (including phenoxy) is 12. The van der Waals surface area contributed by atoms with Gasteiger partial charge in [0.15, 0.2) is 0 Å². The van der Waals surface area contributed by atoms with Crippen molar-refractivity contribution in [1.29, 1.82) is 0 Å². The van der Waals surface area contributed by atoms with Crippen LogP contribution in [0.3, 0.4) is 0 Å². The summed E-state index contributed by atoms with van der Waals surface area (Å²) in [6.07, 6.45) is 0. The van der Waals surface area contributed by atoms with Crippen LogP contribution in [0.25, 0.3) is 0 Å². The van der Waals surface area contributed by atoms with Gasteiger partial charge in [0.25, 0.3) is 0 Å². The number of benzene rings is 1. The minimum absolute atomic E-state index is 0.504. The molecule has 0 aromatic heterocycles. The van der Waals surface area contributed by atoms with Gasteiger partial charge in [-0.2, -0.15) is 0 Å². The third-order valence-corrected chi connectivity index (χ3v) is 7.77. The third kappa shape index (κ3) is 27.4. The van der Waals surface area contributed by atoms with Gasteiger partial charge in [-0.25, -0.2) is 0 Å². The van der Waals surface area contributed by atoms with Crippen LogP contribution in [0.15, 0.2) is 12.1 Å². The Morgan fingerprint density at radius 2 is 0.517 bits per heavy atom. The first-order chi connectivity index (χ1) is 28.6. The fourth-order valence-corrected chi connectivity index (χ4v) is 5.09. The molecule has 0 fully saturated rings. The second kappa shape index (κ2) is 42.2. The second-order valence-electron chi connectivity index (χ2n) is 11.6. The van der Waals surface area contributed by atoms with E-state index in [-0.39, 0.29) is 0 Å². The Morgan fingerprint density at radius 3 is 0.707 bits per heavy atom. The Morgan fingerprint density at radius 1 is 0.345 bits per heavy atom. The van der Waals surface area contributed by atoms with Crippen molar-refractivity contribution in [1.82, 2.24) is 0 Å². The van der Waals surface area contributed by atoms with E-state index >= 15 is 0 Å². The molecule has 346 valence electrons. The SMILES string of the molecule is COCCOCCOCCN1[C]N(CCOCCOCCOC)c2cc3c(cc21)N(CCOCCOCCOC)[C]N3CCOCCOCCOC.[Br][Pd][Br].[Br][Pd][Br]. The Bertz CT molecular complexity index is 930. The summed E-state index contributed by atoms with van der Waals surface area (Å²) in [7, 11) is 6.63. The molecule has 0 saturated carbocycles. The monoisotopic (exact) mass is 1270 g/mol. The number of halogens is 4. The number of anilines is 4. The van der Waals surface area contributed by atoms with Crippen molar-refractivity contribution in [2.24, 2.45) is 0 Å². The molecule has 1 aromatic rings. The van der Waals surface area contributed by atoms with Gasteiger partial charge >= 0.3 is 81.6 Å². The molecule has 0 spiro atoms. The maximum atomic E-state index is 5.90.